The minimum atomic E-state index is 0.127. The summed E-state index contributed by atoms with van der Waals surface area (Å²) in [5.41, 5.74) is 2.73. The standard InChI is InChI=1S/C15H13N3O/c19-13(10-12-6-2-1-3-7-12)11-18-15-9-5-4-8-14(15)16-17-18/h1-9H,10-11H2. The molecule has 3 rings (SSSR count). The molecule has 19 heavy (non-hydrogen) atoms. The fraction of sp³-hybridized carbons (Fsp3) is 0.133. The molecule has 4 nitrogen and oxygen atoms in total. The van der Waals surface area contributed by atoms with Crippen LogP contribution in [0.2, 0.25) is 0 Å². The maximum Gasteiger partial charge on any atom is 0.158 e. The summed E-state index contributed by atoms with van der Waals surface area (Å²) in [7, 11) is 0. The first-order valence-electron chi connectivity index (χ1n) is 6.17. The molecule has 0 N–H and O–H groups in total. The Morgan fingerprint density at radius 2 is 1.74 bits per heavy atom. The Balaban J connectivity index is 1.76. The number of benzene rings is 2. The van der Waals surface area contributed by atoms with E-state index in [4.69, 9.17) is 0 Å². The van der Waals surface area contributed by atoms with E-state index in [1.54, 1.807) is 4.68 Å². The summed E-state index contributed by atoms with van der Waals surface area (Å²) in [6, 6.07) is 17.4. The Kier molecular flexibility index (Phi) is 3.06. The van der Waals surface area contributed by atoms with Crippen LogP contribution >= 0.6 is 0 Å². The minimum Gasteiger partial charge on any atom is -0.297 e. The number of hydrogen-bond acceptors (Lipinski definition) is 3. The number of rotatable bonds is 4. The van der Waals surface area contributed by atoms with Gasteiger partial charge in [-0.15, -0.1) is 5.10 Å². The van der Waals surface area contributed by atoms with Crippen molar-refractivity contribution in [2.75, 3.05) is 0 Å². The number of aromatic nitrogens is 3. The van der Waals surface area contributed by atoms with Gasteiger partial charge < -0.3 is 0 Å². The van der Waals surface area contributed by atoms with Gasteiger partial charge >= 0.3 is 0 Å². The number of ketones is 1. The molecule has 3 aromatic rings. The van der Waals surface area contributed by atoms with E-state index in [0.29, 0.717) is 6.42 Å². The van der Waals surface area contributed by atoms with Gasteiger partial charge in [-0.05, 0) is 17.7 Å². The Labute approximate surface area is 110 Å². The van der Waals surface area contributed by atoms with Crippen LogP contribution in [0.5, 0.6) is 0 Å². The van der Waals surface area contributed by atoms with Crippen molar-refractivity contribution in [2.24, 2.45) is 0 Å². The molecule has 0 saturated heterocycles. The van der Waals surface area contributed by atoms with E-state index in [1.165, 1.54) is 0 Å². The molecule has 1 heterocycles. The van der Waals surface area contributed by atoms with Crippen LogP contribution < -0.4 is 0 Å². The maximum atomic E-state index is 12.0. The molecule has 0 aliphatic carbocycles. The second-order valence-corrected chi connectivity index (χ2v) is 4.44. The predicted molar refractivity (Wildman–Crippen MR) is 72.7 cm³/mol. The number of carbonyl (C=O) groups is 1. The topological polar surface area (TPSA) is 47.8 Å². The summed E-state index contributed by atoms with van der Waals surface area (Å²) in [4.78, 5) is 12.0. The zero-order valence-electron chi connectivity index (χ0n) is 10.4. The van der Waals surface area contributed by atoms with E-state index in [2.05, 4.69) is 10.3 Å². The van der Waals surface area contributed by atoms with Gasteiger partial charge in [0, 0.05) is 6.42 Å². The summed E-state index contributed by atoms with van der Waals surface area (Å²) in [6.07, 6.45) is 0.426. The average Bonchev–Trinajstić information content (AvgIpc) is 2.83. The molecular formula is C15H13N3O. The lowest BCUT2D eigenvalue weighted by molar-refractivity contribution is -0.119. The van der Waals surface area contributed by atoms with Crippen molar-refractivity contribution in [2.45, 2.75) is 13.0 Å². The number of fused-ring (bicyclic) bond motifs is 1. The minimum absolute atomic E-state index is 0.127. The van der Waals surface area contributed by atoms with Crippen LogP contribution in [-0.4, -0.2) is 20.8 Å². The average molecular weight is 251 g/mol. The molecule has 0 aliphatic heterocycles. The highest BCUT2D eigenvalue weighted by Gasteiger charge is 2.09. The van der Waals surface area contributed by atoms with Crippen LogP contribution in [0.25, 0.3) is 11.0 Å². The van der Waals surface area contributed by atoms with E-state index in [9.17, 15) is 4.79 Å². The fourth-order valence-corrected chi connectivity index (χ4v) is 2.08. The SMILES string of the molecule is O=C(Cc1ccccc1)Cn1nnc2ccccc21. The first-order valence-corrected chi connectivity index (χ1v) is 6.17. The second kappa shape index (κ2) is 5.02. The van der Waals surface area contributed by atoms with Crippen molar-refractivity contribution in [3.8, 4) is 0 Å². The molecule has 0 fully saturated rings. The van der Waals surface area contributed by atoms with Crippen molar-refractivity contribution < 1.29 is 4.79 Å². The summed E-state index contributed by atoms with van der Waals surface area (Å²) in [5.74, 6) is 0.127. The molecule has 0 amide bonds. The lowest BCUT2D eigenvalue weighted by Gasteiger charge is -2.02. The molecule has 0 saturated carbocycles. The van der Waals surface area contributed by atoms with E-state index >= 15 is 0 Å². The normalized spacial score (nSPS) is 10.7. The number of Topliss-reactive ketones (excluding diaryl/α,β-unsaturated/α-hetero) is 1. The highest BCUT2D eigenvalue weighted by molar-refractivity contribution is 5.82. The molecule has 1 aromatic heterocycles. The van der Waals surface area contributed by atoms with Crippen LogP contribution in [0.15, 0.2) is 54.6 Å². The van der Waals surface area contributed by atoms with Gasteiger partial charge in [-0.2, -0.15) is 0 Å². The lowest BCUT2D eigenvalue weighted by Crippen LogP contribution is -2.13. The van der Waals surface area contributed by atoms with Gasteiger partial charge in [0.25, 0.3) is 0 Å². The Bertz CT molecular complexity index is 703. The third-order valence-corrected chi connectivity index (χ3v) is 2.99. The maximum absolute atomic E-state index is 12.0. The van der Waals surface area contributed by atoms with Gasteiger partial charge in [0.2, 0.25) is 0 Å². The van der Waals surface area contributed by atoms with Crippen molar-refractivity contribution in [3.05, 3.63) is 60.2 Å². The molecule has 0 aliphatic rings. The molecule has 2 aromatic carbocycles. The summed E-state index contributed by atoms with van der Waals surface area (Å²) in [5, 5.41) is 8.06. The number of nitrogens with zero attached hydrogens (tertiary/aromatic N) is 3. The molecule has 0 unspecified atom stereocenters. The van der Waals surface area contributed by atoms with Crippen molar-refractivity contribution in [1.29, 1.82) is 0 Å². The first-order chi connectivity index (χ1) is 9.33. The van der Waals surface area contributed by atoms with Crippen LogP contribution in [-0.2, 0) is 17.8 Å². The zero-order valence-corrected chi connectivity index (χ0v) is 10.4. The van der Waals surface area contributed by atoms with E-state index in [0.717, 1.165) is 16.6 Å². The quantitative estimate of drug-likeness (QED) is 0.714. The highest BCUT2D eigenvalue weighted by Crippen LogP contribution is 2.10. The second-order valence-electron chi connectivity index (χ2n) is 4.44. The third-order valence-electron chi connectivity index (χ3n) is 2.99. The summed E-state index contributed by atoms with van der Waals surface area (Å²) in [6.45, 7) is 0.259. The molecule has 94 valence electrons. The molecule has 0 atom stereocenters. The molecule has 0 radical (unpaired) electrons. The van der Waals surface area contributed by atoms with Crippen LogP contribution in [0.4, 0.5) is 0 Å². The van der Waals surface area contributed by atoms with E-state index < -0.39 is 0 Å². The summed E-state index contributed by atoms with van der Waals surface area (Å²) < 4.78 is 1.65. The summed E-state index contributed by atoms with van der Waals surface area (Å²) >= 11 is 0. The Morgan fingerprint density at radius 1 is 1.00 bits per heavy atom. The van der Waals surface area contributed by atoms with Crippen LogP contribution in [0.3, 0.4) is 0 Å². The van der Waals surface area contributed by atoms with Gasteiger partial charge in [0.15, 0.2) is 5.78 Å². The van der Waals surface area contributed by atoms with Crippen LogP contribution in [0, 0.1) is 0 Å². The van der Waals surface area contributed by atoms with Gasteiger partial charge in [0.05, 0.1) is 5.52 Å². The lowest BCUT2D eigenvalue weighted by atomic mass is 10.1. The van der Waals surface area contributed by atoms with Crippen molar-refractivity contribution >= 4 is 16.8 Å². The third kappa shape index (κ3) is 2.52. The monoisotopic (exact) mass is 251 g/mol. The Morgan fingerprint density at radius 3 is 2.58 bits per heavy atom. The zero-order chi connectivity index (χ0) is 13.1. The number of hydrogen-bond donors (Lipinski definition) is 0. The molecular weight excluding hydrogens is 238 g/mol. The van der Waals surface area contributed by atoms with E-state index in [1.807, 2.05) is 54.6 Å². The van der Waals surface area contributed by atoms with Crippen LogP contribution in [0.1, 0.15) is 5.56 Å². The highest BCUT2D eigenvalue weighted by atomic mass is 16.1. The van der Waals surface area contributed by atoms with Gasteiger partial charge in [-0.25, -0.2) is 4.68 Å². The Hall–Kier alpha value is -2.49. The number of para-hydroxylation sites is 1. The molecule has 4 heteroatoms. The first kappa shape index (κ1) is 11.6. The predicted octanol–water partition coefficient (Wildman–Crippen LogP) is 2.24. The molecule has 0 bridgehead atoms. The van der Waals surface area contributed by atoms with Crippen molar-refractivity contribution in [3.63, 3.8) is 0 Å². The fourth-order valence-electron chi connectivity index (χ4n) is 2.08. The van der Waals surface area contributed by atoms with Gasteiger partial charge in [-0.1, -0.05) is 47.7 Å². The smallest absolute Gasteiger partial charge is 0.158 e. The van der Waals surface area contributed by atoms with Gasteiger partial charge in [0.1, 0.15) is 12.1 Å². The van der Waals surface area contributed by atoms with Gasteiger partial charge in [-0.3, -0.25) is 4.79 Å². The largest absolute Gasteiger partial charge is 0.297 e. The van der Waals surface area contributed by atoms with Crippen molar-refractivity contribution in [1.82, 2.24) is 15.0 Å². The van der Waals surface area contributed by atoms with E-state index in [-0.39, 0.29) is 12.3 Å². The number of carbonyl (C=O) groups excluding carboxylic acids is 1. The molecule has 0 spiro atoms.